The number of H-pyrrole nitrogens is 1. The zero-order chi connectivity index (χ0) is 24.9. The number of nitrogens with zero attached hydrogens (tertiary/aromatic N) is 5. The second-order valence-electron chi connectivity index (χ2n) is 8.64. The number of tetrazole rings is 1. The Labute approximate surface area is 209 Å². The number of nitrogens with one attached hydrogen (secondary N) is 1. The van der Waals surface area contributed by atoms with Gasteiger partial charge >= 0.3 is 0 Å². The summed E-state index contributed by atoms with van der Waals surface area (Å²) in [5, 5.41) is 13.6. The fourth-order valence-corrected chi connectivity index (χ4v) is 4.51. The van der Waals surface area contributed by atoms with Gasteiger partial charge in [0, 0.05) is 23.0 Å². The van der Waals surface area contributed by atoms with Gasteiger partial charge in [-0.05, 0) is 52.4 Å². The lowest BCUT2D eigenvalue weighted by atomic mass is 10.0. The summed E-state index contributed by atoms with van der Waals surface area (Å²) in [6.07, 6.45) is 0. The van der Waals surface area contributed by atoms with Crippen LogP contribution in [0.5, 0.6) is 5.75 Å². The molecule has 5 rings (SSSR count). The molecule has 1 atom stereocenters. The molecule has 0 radical (unpaired) electrons. The molecular weight excluding hydrogens is 452 g/mol. The van der Waals surface area contributed by atoms with E-state index in [-0.39, 0.29) is 5.56 Å². The lowest BCUT2D eigenvalue weighted by Crippen LogP contribution is -2.35. The van der Waals surface area contributed by atoms with Crippen molar-refractivity contribution in [2.75, 3.05) is 13.7 Å². The van der Waals surface area contributed by atoms with Crippen molar-refractivity contribution in [1.82, 2.24) is 30.1 Å². The van der Waals surface area contributed by atoms with Gasteiger partial charge < -0.3 is 9.72 Å². The van der Waals surface area contributed by atoms with E-state index in [1.807, 2.05) is 72.8 Å². The van der Waals surface area contributed by atoms with Crippen molar-refractivity contribution in [3.05, 3.63) is 118 Å². The fraction of sp³-hybridized carbons (Fsp3) is 0.214. The minimum absolute atomic E-state index is 0.168. The number of aromatic amines is 1. The molecule has 5 aromatic rings. The van der Waals surface area contributed by atoms with E-state index in [0.717, 1.165) is 27.8 Å². The molecule has 0 saturated carbocycles. The van der Waals surface area contributed by atoms with Crippen molar-refractivity contribution in [2.24, 2.45) is 0 Å². The summed E-state index contributed by atoms with van der Waals surface area (Å²) in [5.41, 5.74) is 3.38. The normalized spacial score (nSPS) is 12.2. The van der Waals surface area contributed by atoms with E-state index < -0.39 is 6.04 Å². The highest BCUT2D eigenvalue weighted by Gasteiger charge is 2.30. The van der Waals surface area contributed by atoms with Crippen LogP contribution >= 0.6 is 0 Å². The number of methoxy groups -OCH3 is 1. The fourth-order valence-electron chi connectivity index (χ4n) is 4.51. The highest BCUT2D eigenvalue weighted by atomic mass is 16.5. The Kier molecular flexibility index (Phi) is 6.86. The highest BCUT2D eigenvalue weighted by Crippen LogP contribution is 2.29. The van der Waals surface area contributed by atoms with Crippen LogP contribution in [0, 0.1) is 0 Å². The van der Waals surface area contributed by atoms with Crippen LogP contribution in [-0.4, -0.2) is 43.7 Å². The van der Waals surface area contributed by atoms with E-state index >= 15 is 0 Å². The molecule has 0 aliphatic rings. The van der Waals surface area contributed by atoms with Gasteiger partial charge in [-0.1, -0.05) is 67.6 Å². The predicted molar refractivity (Wildman–Crippen MR) is 139 cm³/mol. The van der Waals surface area contributed by atoms with E-state index in [1.54, 1.807) is 11.8 Å². The van der Waals surface area contributed by atoms with Crippen molar-refractivity contribution in [2.45, 2.75) is 26.1 Å². The Morgan fingerprint density at radius 2 is 1.69 bits per heavy atom. The highest BCUT2D eigenvalue weighted by molar-refractivity contribution is 5.80. The molecular formula is C28H28N6O2. The number of aromatic nitrogens is 5. The van der Waals surface area contributed by atoms with E-state index in [2.05, 4.69) is 44.5 Å². The standard InChI is InChI=1S/C28H28N6O2/c1-3-33(18-20-10-6-4-7-11-20)26(27-30-31-32-34(27)19-21-12-8-5-9-13-21)24-17-22-16-23(36-2)14-15-25(22)29-28(24)35/h4-17,26H,3,18-19H2,1-2H3,(H,29,35)/t26-/m1/s1. The molecule has 0 unspecified atom stereocenters. The molecule has 0 amide bonds. The SMILES string of the molecule is CCN(Cc1ccccc1)[C@H](c1cc2cc(OC)ccc2[nH]c1=O)c1nnnn1Cc1ccccc1. The maximum Gasteiger partial charge on any atom is 0.253 e. The quantitative estimate of drug-likeness (QED) is 0.340. The van der Waals surface area contributed by atoms with Gasteiger partial charge in [0.1, 0.15) is 11.8 Å². The minimum Gasteiger partial charge on any atom is -0.497 e. The van der Waals surface area contributed by atoms with Crippen LogP contribution in [0.3, 0.4) is 0 Å². The van der Waals surface area contributed by atoms with Crippen LogP contribution in [0.15, 0.2) is 89.7 Å². The Morgan fingerprint density at radius 1 is 0.972 bits per heavy atom. The maximum atomic E-state index is 13.5. The van der Waals surface area contributed by atoms with Crippen molar-refractivity contribution < 1.29 is 4.74 Å². The van der Waals surface area contributed by atoms with Crippen LogP contribution < -0.4 is 10.3 Å². The first-order chi connectivity index (χ1) is 17.7. The molecule has 36 heavy (non-hydrogen) atoms. The third-order valence-corrected chi connectivity index (χ3v) is 6.35. The molecule has 8 nitrogen and oxygen atoms in total. The zero-order valence-electron chi connectivity index (χ0n) is 20.3. The molecule has 0 aliphatic carbocycles. The summed E-state index contributed by atoms with van der Waals surface area (Å²) in [7, 11) is 1.63. The van der Waals surface area contributed by atoms with Crippen molar-refractivity contribution >= 4 is 10.9 Å². The second-order valence-corrected chi connectivity index (χ2v) is 8.64. The Bertz CT molecular complexity index is 1500. The molecule has 0 bridgehead atoms. The largest absolute Gasteiger partial charge is 0.497 e. The first-order valence-corrected chi connectivity index (χ1v) is 11.9. The van der Waals surface area contributed by atoms with E-state index in [9.17, 15) is 4.79 Å². The van der Waals surface area contributed by atoms with Gasteiger partial charge in [0.2, 0.25) is 0 Å². The number of pyridine rings is 1. The number of hydrogen-bond donors (Lipinski definition) is 1. The topological polar surface area (TPSA) is 88.9 Å². The first kappa shape index (κ1) is 23.4. The number of benzene rings is 3. The van der Waals surface area contributed by atoms with Gasteiger partial charge in [-0.3, -0.25) is 9.69 Å². The lowest BCUT2D eigenvalue weighted by Gasteiger charge is -2.30. The summed E-state index contributed by atoms with van der Waals surface area (Å²) in [4.78, 5) is 18.7. The Balaban J connectivity index is 1.65. The molecule has 2 aromatic heterocycles. The predicted octanol–water partition coefficient (Wildman–Crippen LogP) is 4.18. The van der Waals surface area contributed by atoms with Gasteiger partial charge in [-0.15, -0.1) is 5.10 Å². The molecule has 0 fully saturated rings. The maximum absolute atomic E-state index is 13.5. The molecule has 0 spiro atoms. The third-order valence-electron chi connectivity index (χ3n) is 6.35. The van der Waals surface area contributed by atoms with Crippen molar-refractivity contribution in [3.8, 4) is 5.75 Å². The summed E-state index contributed by atoms with van der Waals surface area (Å²) >= 11 is 0. The first-order valence-electron chi connectivity index (χ1n) is 11.9. The lowest BCUT2D eigenvalue weighted by molar-refractivity contribution is 0.214. The smallest absolute Gasteiger partial charge is 0.253 e. The molecule has 3 aromatic carbocycles. The van der Waals surface area contributed by atoms with Gasteiger partial charge in [-0.2, -0.15) is 0 Å². The Morgan fingerprint density at radius 3 is 2.39 bits per heavy atom. The summed E-state index contributed by atoms with van der Waals surface area (Å²) in [6, 6.07) is 27.3. The van der Waals surface area contributed by atoms with Crippen LogP contribution in [0.4, 0.5) is 0 Å². The van der Waals surface area contributed by atoms with E-state index in [1.165, 1.54) is 0 Å². The van der Waals surface area contributed by atoms with Crippen LogP contribution in [0.2, 0.25) is 0 Å². The monoisotopic (exact) mass is 480 g/mol. The molecule has 182 valence electrons. The Hall–Kier alpha value is -4.30. The number of rotatable bonds is 9. The molecule has 1 N–H and O–H groups in total. The van der Waals surface area contributed by atoms with Gasteiger partial charge in [0.25, 0.3) is 5.56 Å². The van der Waals surface area contributed by atoms with Crippen molar-refractivity contribution in [1.29, 1.82) is 0 Å². The van der Waals surface area contributed by atoms with Crippen LogP contribution in [0.25, 0.3) is 10.9 Å². The molecule has 0 aliphatic heterocycles. The average molecular weight is 481 g/mol. The third kappa shape index (κ3) is 4.89. The minimum atomic E-state index is -0.465. The summed E-state index contributed by atoms with van der Waals surface area (Å²) < 4.78 is 7.20. The van der Waals surface area contributed by atoms with E-state index in [4.69, 9.17) is 4.74 Å². The second kappa shape index (κ2) is 10.5. The van der Waals surface area contributed by atoms with Gasteiger partial charge in [0.15, 0.2) is 5.82 Å². The molecule has 2 heterocycles. The number of fused-ring (bicyclic) bond motifs is 1. The average Bonchev–Trinajstić information content (AvgIpc) is 3.36. The van der Waals surface area contributed by atoms with E-state index in [0.29, 0.717) is 31.0 Å². The summed E-state index contributed by atoms with van der Waals surface area (Å²) in [6.45, 7) is 3.91. The van der Waals surface area contributed by atoms with Crippen molar-refractivity contribution in [3.63, 3.8) is 0 Å². The van der Waals surface area contributed by atoms with Crippen LogP contribution in [-0.2, 0) is 13.1 Å². The summed E-state index contributed by atoms with van der Waals surface area (Å²) in [5.74, 6) is 1.34. The van der Waals surface area contributed by atoms with Crippen LogP contribution in [0.1, 0.15) is 35.5 Å². The number of ether oxygens (including phenoxy) is 1. The molecule has 8 heteroatoms. The van der Waals surface area contributed by atoms with Gasteiger partial charge in [0.05, 0.1) is 13.7 Å². The molecule has 0 saturated heterocycles. The zero-order valence-corrected chi connectivity index (χ0v) is 20.3. The van der Waals surface area contributed by atoms with Gasteiger partial charge in [-0.25, -0.2) is 4.68 Å². The number of hydrogen-bond acceptors (Lipinski definition) is 6.